The Kier molecular flexibility index (Phi) is 4.05. The Morgan fingerprint density at radius 2 is 1.89 bits per heavy atom. The Labute approximate surface area is 154 Å². The largest absolute Gasteiger partial charge is 0.468 e. The second-order valence-corrected chi connectivity index (χ2v) is 10.6. The number of nitrogens with zero attached hydrogens (tertiary/aromatic N) is 2. The molecule has 0 radical (unpaired) electrons. The summed E-state index contributed by atoms with van der Waals surface area (Å²) < 4.78 is 62.6. The summed E-state index contributed by atoms with van der Waals surface area (Å²) in [7, 11) is -5.91. The molecular formula is C16H16N2O7S2. The van der Waals surface area contributed by atoms with Crippen LogP contribution in [0.3, 0.4) is 0 Å². The van der Waals surface area contributed by atoms with E-state index in [1.54, 1.807) is 12.1 Å². The molecule has 0 amide bonds. The third-order valence-corrected chi connectivity index (χ3v) is 8.48. The zero-order valence-electron chi connectivity index (χ0n) is 14.2. The third kappa shape index (κ3) is 3.01. The number of benzene rings is 1. The fourth-order valence-electron chi connectivity index (χ4n) is 2.95. The Morgan fingerprint density at radius 1 is 1.15 bits per heavy atom. The Morgan fingerprint density at radius 3 is 2.56 bits per heavy atom. The van der Waals surface area contributed by atoms with E-state index in [9.17, 15) is 21.6 Å². The molecule has 3 aromatic rings. The lowest BCUT2D eigenvalue weighted by Gasteiger charge is -2.37. The van der Waals surface area contributed by atoms with Gasteiger partial charge in [-0.05, 0) is 30.3 Å². The molecule has 1 aliphatic heterocycles. The van der Waals surface area contributed by atoms with Crippen molar-refractivity contribution in [2.24, 2.45) is 7.05 Å². The van der Waals surface area contributed by atoms with Crippen LogP contribution in [0.4, 0.5) is 0 Å². The van der Waals surface area contributed by atoms with E-state index < -0.39 is 30.9 Å². The van der Waals surface area contributed by atoms with Crippen LogP contribution in [0, 0.1) is 0 Å². The van der Waals surface area contributed by atoms with Gasteiger partial charge >= 0.3 is 5.76 Å². The summed E-state index contributed by atoms with van der Waals surface area (Å²) in [4.78, 5) is 11.5. The van der Waals surface area contributed by atoms with Crippen molar-refractivity contribution in [1.29, 1.82) is 0 Å². The number of aromatic nitrogens is 1. The summed E-state index contributed by atoms with van der Waals surface area (Å²) in [5.41, 5.74) is 0.632. The summed E-state index contributed by atoms with van der Waals surface area (Å²) in [6, 6.07) is 7.26. The molecule has 1 fully saturated rings. The molecule has 11 heteroatoms. The first-order valence-electron chi connectivity index (χ1n) is 8.02. The fourth-order valence-corrected chi connectivity index (χ4v) is 6.30. The van der Waals surface area contributed by atoms with E-state index in [0.717, 1.165) is 4.31 Å². The maximum Gasteiger partial charge on any atom is 0.419 e. The first kappa shape index (κ1) is 18.0. The summed E-state index contributed by atoms with van der Waals surface area (Å²) >= 11 is 0. The number of sulfonamides is 1. The molecule has 3 heterocycles. The van der Waals surface area contributed by atoms with Crippen LogP contribution in [0.2, 0.25) is 0 Å². The number of furan rings is 1. The number of hydrogen-bond donors (Lipinski definition) is 0. The molecule has 9 nitrogen and oxygen atoms in total. The van der Waals surface area contributed by atoms with Crippen LogP contribution in [-0.4, -0.2) is 44.0 Å². The second kappa shape index (κ2) is 6.08. The summed E-state index contributed by atoms with van der Waals surface area (Å²) in [5, 5.41) is -0.778. The summed E-state index contributed by atoms with van der Waals surface area (Å²) in [6.45, 7) is -0.235. The van der Waals surface area contributed by atoms with Crippen LogP contribution in [0.15, 0.2) is 55.1 Å². The zero-order valence-corrected chi connectivity index (χ0v) is 15.9. The van der Waals surface area contributed by atoms with Crippen molar-refractivity contribution >= 4 is 31.0 Å². The minimum atomic E-state index is -3.87. The number of fused-ring (bicyclic) bond motifs is 1. The number of oxazole rings is 1. The number of aryl methyl sites for hydroxylation is 1. The number of sulfone groups is 1. The number of rotatable bonds is 5. The van der Waals surface area contributed by atoms with Gasteiger partial charge in [0.15, 0.2) is 15.4 Å². The van der Waals surface area contributed by atoms with Crippen LogP contribution in [0.25, 0.3) is 11.1 Å². The van der Waals surface area contributed by atoms with Gasteiger partial charge in [-0.2, -0.15) is 4.31 Å². The Bertz CT molecular complexity index is 1260. The molecule has 0 spiro atoms. The minimum absolute atomic E-state index is 0.0201. The Balaban J connectivity index is 1.54. The highest BCUT2D eigenvalue weighted by Gasteiger charge is 2.43. The molecule has 2 aromatic heterocycles. The van der Waals surface area contributed by atoms with Gasteiger partial charge in [0.1, 0.15) is 11.5 Å². The lowest BCUT2D eigenvalue weighted by Crippen LogP contribution is -2.56. The topological polar surface area (TPSA) is 120 Å². The third-order valence-electron chi connectivity index (χ3n) is 4.65. The maximum atomic E-state index is 12.8. The summed E-state index contributed by atoms with van der Waals surface area (Å²) in [5.74, 6) is -0.531. The zero-order chi connectivity index (χ0) is 19.4. The van der Waals surface area contributed by atoms with Crippen molar-refractivity contribution in [1.82, 2.24) is 8.87 Å². The molecule has 1 saturated heterocycles. The lowest BCUT2D eigenvalue weighted by atomic mass is 10.3. The molecule has 0 aliphatic carbocycles. The van der Waals surface area contributed by atoms with Gasteiger partial charge in [-0.1, -0.05) is 0 Å². The molecule has 1 aliphatic rings. The lowest BCUT2D eigenvalue weighted by molar-refractivity contribution is 0.309. The van der Waals surface area contributed by atoms with Gasteiger partial charge in [-0.15, -0.1) is 0 Å². The van der Waals surface area contributed by atoms with Crippen LogP contribution >= 0.6 is 0 Å². The predicted molar refractivity (Wildman–Crippen MR) is 95.3 cm³/mol. The monoisotopic (exact) mass is 412 g/mol. The van der Waals surface area contributed by atoms with E-state index in [2.05, 4.69) is 0 Å². The standard InChI is InChI=1S/C16H16N2O7S2/c1-17-14-7-12(4-5-15(14)25-16(17)19)27(22,23)18-8-13(9-18)26(20,21)10-11-3-2-6-24-11/h2-7,13H,8-10H2,1H3. The van der Waals surface area contributed by atoms with Crippen LogP contribution in [0.5, 0.6) is 0 Å². The average Bonchev–Trinajstić information content (AvgIpc) is 3.13. The summed E-state index contributed by atoms with van der Waals surface area (Å²) in [6.07, 6.45) is 1.39. The van der Waals surface area contributed by atoms with E-state index >= 15 is 0 Å². The van der Waals surface area contributed by atoms with Gasteiger partial charge in [-0.25, -0.2) is 21.6 Å². The average molecular weight is 412 g/mol. The Hall–Kier alpha value is -2.37. The normalized spacial score (nSPS) is 16.6. The second-order valence-electron chi connectivity index (χ2n) is 6.39. The van der Waals surface area contributed by atoms with Crippen molar-refractivity contribution in [3.05, 3.63) is 52.9 Å². The number of hydrogen-bond acceptors (Lipinski definition) is 7. The van der Waals surface area contributed by atoms with Crippen molar-refractivity contribution in [2.75, 3.05) is 13.1 Å². The molecule has 27 heavy (non-hydrogen) atoms. The van der Waals surface area contributed by atoms with Crippen molar-refractivity contribution in [3.63, 3.8) is 0 Å². The highest BCUT2D eigenvalue weighted by atomic mass is 32.2. The van der Waals surface area contributed by atoms with Crippen LogP contribution in [0.1, 0.15) is 5.76 Å². The van der Waals surface area contributed by atoms with Gasteiger partial charge in [0.05, 0.1) is 21.9 Å². The van der Waals surface area contributed by atoms with E-state index in [1.807, 2.05) is 0 Å². The van der Waals surface area contributed by atoms with Crippen molar-refractivity contribution < 1.29 is 25.7 Å². The molecular weight excluding hydrogens is 396 g/mol. The van der Waals surface area contributed by atoms with Crippen LogP contribution < -0.4 is 5.76 Å². The van der Waals surface area contributed by atoms with Crippen LogP contribution in [-0.2, 0) is 32.7 Å². The maximum absolute atomic E-state index is 12.8. The van der Waals surface area contributed by atoms with Gasteiger partial charge in [0, 0.05) is 20.1 Å². The quantitative estimate of drug-likeness (QED) is 0.605. The first-order chi connectivity index (χ1) is 12.7. The van der Waals surface area contributed by atoms with E-state index in [-0.39, 0.29) is 29.3 Å². The van der Waals surface area contributed by atoms with Gasteiger partial charge in [-0.3, -0.25) is 4.57 Å². The predicted octanol–water partition coefficient (Wildman–Crippen LogP) is 0.712. The first-order valence-corrected chi connectivity index (χ1v) is 11.2. The van der Waals surface area contributed by atoms with E-state index in [1.165, 1.54) is 36.1 Å². The molecule has 0 N–H and O–H groups in total. The molecule has 4 rings (SSSR count). The highest BCUT2D eigenvalue weighted by molar-refractivity contribution is 7.92. The van der Waals surface area contributed by atoms with Gasteiger partial charge in [0.2, 0.25) is 10.0 Å². The van der Waals surface area contributed by atoms with Gasteiger partial charge in [0.25, 0.3) is 0 Å². The fraction of sp³-hybridized carbons (Fsp3) is 0.312. The molecule has 0 atom stereocenters. The smallest absolute Gasteiger partial charge is 0.419 e. The molecule has 0 saturated carbocycles. The van der Waals surface area contributed by atoms with Crippen molar-refractivity contribution in [3.8, 4) is 0 Å². The molecule has 0 unspecified atom stereocenters. The molecule has 144 valence electrons. The molecule has 0 bridgehead atoms. The van der Waals surface area contributed by atoms with E-state index in [4.69, 9.17) is 8.83 Å². The SMILES string of the molecule is Cn1c(=O)oc2ccc(S(=O)(=O)N3CC(S(=O)(=O)Cc4ccco4)C3)cc21. The van der Waals surface area contributed by atoms with Gasteiger partial charge < -0.3 is 8.83 Å². The van der Waals surface area contributed by atoms with E-state index in [0.29, 0.717) is 11.3 Å². The molecule has 1 aromatic carbocycles. The highest BCUT2D eigenvalue weighted by Crippen LogP contribution is 2.28. The van der Waals surface area contributed by atoms with Crippen molar-refractivity contribution in [2.45, 2.75) is 15.9 Å². The minimum Gasteiger partial charge on any atom is -0.468 e.